The van der Waals surface area contributed by atoms with Gasteiger partial charge in [0.1, 0.15) is 11.6 Å². The van der Waals surface area contributed by atoms with Gasteiger partial charge in [0.05, 0.1) is 23.9 Å². The molecule has 0 aliphatic heterocycles. The molecule has 0 bridgehead atoms. The highest BCUT2D eigenvalue weighted by molar-refractivity contribution is 5.96. The number of carbonyl (C=O) groups is 3. The SMILES string of the molecule is COC(=O)c1ccc(C(=O)OCC(=O)Nc2ccc(F)cc2F)cc1. The molecule has 6 nitrogen and oxygen atoms in total. The number of nitrogens with one attached hydrogen (secondary N) is 1. The van der Waals surface area contributed by atoms with E-state index in [-0.39, 0.29) is 16.8 Å². The van der Waals surface area contributed by atoms with Crippen molar-refractivity contribution in [1.29, 1.82) is 0 Å². The largest absolute Gasteiger partial charge is 0.465 e. The predicted octanol–water partition coefficient (Wildman–Crippen LogP) is 2.55. The molecular formula is C17H13F2NO5. The molecule has 0 saturated carbocycles. The lowest BCUT2D eigenvalue weighted by Crippen LogP contribution is -2.21. The van der Waals surface area contributed by atoms with Crippen LogP contribution in [0.15, 0.2) is 42.5 Å². The molecule has 1 N–H and O–H groups in total. The minimum absolute atomic E-state index is 0.119. The first kappa shape index (κ1) is 18.1. The van der Waals surface area contributed by atoms with Gasteiger partial charge in [0.25, 0.3) is 5.91 Å². The van der Waals surface area contributed by atoms with Crippen LogP contribution >= 0.6 is 0 Å². The van der Waals surface area contributed by atoms with Crippen molar-refractivity contribution in [2.75, 3.05) is 19.0 Å². The Morgan fingerprint density at radius 3 is 2.12 bits per heavy atom. The molecule has 0 unspecified atom stereocenters. The Bertz CT molecular complexity index is 805. The maximum absolute atomic E-state index is 13.4. The third kappa shape index (κ3) is 4.84. The number of esters is 2. The van der Waals surface area contributed by atoms with Gasteiger partial charge in [-0.15, -0.1) is 0 Å². The van der Waals surface area contributed by atoms with Crippen LogP contribution in [0.3, 0.4) is 0 Å². The van der Waals surface area contributed by atoms with Gasteiger partial charge in [-0.3, -0.25) is 4.79 Å². The molecule has 0 atom stereocenters. The Balaban J connectivity index is 1.90. The molecule has 130 valence electrons. The predicted molar refractivity (Wildman–Crippen MR) is 83.1 cm³/mol. The molecule has 0 aliphatic rings. The van der Waals surface area contributed by atoms with E-state index >= 15 is 0 Å². The number of halogens is 2. The third-order valence-corrected chi connectivity index (χ3v) is 3.08. The minimum Gasteiger partial charge on any atom is -0.465 e. The fourth-order valence-corrected chi connectivity index (χ4v) is 1.85. The van der Waals surface area contributed by atoms with Crippen molar-refractivity contribution in [3.8, 4) is 0 Å². The summed E-state index contributed by atoms with van der Waals surface area (Å²) in [5.74, 6) is -3.87. The van der Waals surface area contributed by atoms with Crippen molar-refractivity contribution in [2.45, 2.75) is 0 Å². The molecule has 0 fully saturated rings. The molecule has 0 spiro atoms. The Morgan fingerprint density at radius 2 is 1.56 bits per heavy atom. The molecule has 0 radical (unpaired) electrons. The monoisotopic (exact) mass is 349 g/mol. The lowest BCUT2D eigenvalue weighted by atomic mass is 10.1. The molecule has 1 amide bonds. The summed E-state index contributed by atoms with van der Waals surface area (Å²) in [6.07, 6.45) is 0. The molecule has 0 aliphatic carbocycles. The van der Waals surface area contributed by atoms with Crippen molar-refractivity contribution >= 4 is 23.5 Å². The van der Waals surface area contributed by atoms with Gasteiger partial charge in [-0.25, -0.2) is 18.4 Å². The van der Waals surface area contributed by atoms with Gasteiger partial charge in [-0.05, 0) is 36.4 Å². The fourth-order valence-electron chi connectivity index (χ4n) is 1.85. The van der Waals surface area contributed by atoms with Gasteiger partial charge in [0.2, 0.25) is 0 Å². The van der Waals surface area contributed by atoms with E-state index in [4.69, 9.17) is 4.74 Å². The summed E-state index contributed by atoms with van der Waals surface area (Å²) >= 11 is 0. The average Bonchev–Trinajstić information content (AvgIpc) is 2.61. The standard InChI is InChI=1S/C17H13F2NO5/c1-24-16(22)10-2-4-11(5-3-10)17(23)25-9-15(21)20-14-7-6-12(18)8-13(14)19/h2-8H,9H2,1H3,(H,20,21). The summed E-state index contributed by atoms with van der Waals surface area (Å²) in [6, 6.07) is 8.07. The summed E-state index contributed by atoms with van der Waals surface area (Å²) in [7, 11) is 1.23. The average molecular weight is 349 g/mol. The summed E-state index contributed by atoms with van der Waals surface area (Å²) < 4.78 is 35.5. The van der Waals surface area contributed by atoms with E-state index in [0.29, 0.717) is 6.07 Å². The van der Waals surface area contributed by atoms with Crippen LogP contribution in [0, 0.1) is 11.6 Å². The lowest BCUT2D eigenvalue weighted by molar-refractivity contribution is -0.119. The summed E-state index contributed by atoms with van der Waals surface area (Å²) in [6.45, 7) is -0.658. The van der Waals surface area contributed by atoms with Gasteiger partial charge in [0, 0.05) is 6.07 Å². The van der Waals surface area contributed by atoms with Gasteiger partial charge in [-0.1, -0.05) is 0 Å². The second-order valence-corrected chi connectivity index (χ2v) is 4.82. The van der Waals surface area contributed by atoms with E-state index in [1.165, 1.54) is 31.4 Å². The molecule has 0 heterocycles. The van der Waals surface area contributed by atoms with E-state index in [9.17, 15) is 23.2 Å². The molecule has 2 aromatic carbocycles. The molecule has 2 rings (SSSR count). The zero-order valence-electron chi connectivity index (χ0n) is 13.0. The number of anilines is 1. The normalized spacial score (nSPS) is 10.0. The first-order chi connectivity index (χ1) is 11.9. The number of rotatable bonds is 5. The van der Waals surface area contributed by atoms with E-state index in [2.05, 4.69) is 10.1 Å². The first-order valence-electron chi connectivity index (χ1n) is 7.01. The molecule has 0 saturated heterocycles. The van der Waals surface area contributed by atoms with Crippen LogP contribution in [0.5, 0.6) is 0 Å². The van der Waals surface area contributed by atoms with E-state index in [0.717, 1.165) is 12.1 Å². The lowest BCUT2D eigenvalue weighted by Gasteiger charge is -2.08. The number of hydrogen-bond donors (Lipinski definition) is 1. The van der Waals surface area contributed by atoms with Crippen LogP contribution < -0.4 is 5.32 Å². The van der Waals surface area contributed by atoms with Crippen LogP contribution in [-0.2, 0) is 14.3 Å². The van der Waals surface area contributed by atoms with E-state index in [1.807, 2.05) is 0 Å². The second kappa shape index (κ2) is 8.00. The zero-order chi connectivity index (χ0) is 18.4. The van der Waals surface area contributed by atoms with Gasteiger partial charge in [0.15, 0.2) is 6.61 Å². The van der Waals surface area contributed by atoms with Gasteiger partial charge in [-0.2, -0.15) is 0 Å². The Kier molecular flexibility index (Phi) is 5.78. The highest BCUT2D eigenvalue weighted by atomic mass is 19.1. The first-order valence-corrected chi connectivity index (χ1v) is 7.01. The molecule has 25 heavy (non-hydrogen) atoms. The molecule has 0 aromatic heterocycles. The Hall–Kier alpha value is -3.29. The third-order valence-electron chi connectivity index (χ3n) is 3.08. The second-order valence-electron chi connectivity index (χ2n) is 4.82. The van der Waals surface area contributed by atoms with Crippen LogP contribution in [0.25, 0.3) is 0 Å². The van der Waals surface area contributed by atoms with Gasteiger partial charge < -0.3 is 14.8 Å². The van der Waals surface area contributed by atoms with E-state index < -0.39 is 36.1 Å². The maximum Gasteiger partial charge on any atom is 0.338 e. The maximum atomic E-state index is 13.4. The Morgan fingerprint density at radius 1 is 0.960 bits per heavy atom. The van der Waals surface area contributed by atoms with Gasteiger partial charge >= 0.3 is 11.9 Å². The van der Waals surface area contributed by atoms with Crippen molar-refractivity contribution in [1.82, 2.24) is 0 Å². The summed E-state index contributed by atoms with van der Waals surface area (Å²) in [4.78, 5) is 34.8. The van der Waals surface area contributed by atoms with Crippen molar-refractivity contribution < 1.29 is 32.6 Å². The van der Waals surface area contributed by atoms with Crippen LogP contribution in [0.2, 0.25) is 0 Å². The van der Waals surface area contributed by atoms with E-state index in [1.54, 1.807) is 0 Å². The molecule has 2 aromatic rings. The topological polar surface area (TPSA) is 81.7 Å². The summed E-state index contributed by atoms with van der Waals surface area (Å²) in [5, 5.41) is 2.16. The number of hydrogen-bond acceptors (Lipinski definition) is 5. The van der Waals surface area contributed by atoms with Crippen molar-refractivity contribution in [3.63, 3.8) is 0 Å². The fraction of sp³-hybridized carbons (Fsp3) is 0.118. The zero-order valence-corrected chi connectivity index (χ0v) is 13.0. The van der Waals surface area contributed by atoms with Crippen LogP contribution in [0.1, 0.15) is 20.7 Å². The highest BCUT2D eigenvalue weighted by Crippen LogP contribution is 2.14. The quantitative estimate of drug-likeness (QED) is 0.839. The minimum atomic E-state index is -0.946. The van der Waals surface area contributed by atoms with Crippen LogP contribution in [-0.4, -0.2) is 31.6 Å². The van der Waals surface area contributed by atoms with Crippen LogP contribution in [0.4, 0.5) is 14.5 Å². The van der Waals surface area contributed by atoms with Crippen molar-refractivity contribution in [3.05, 3.63) is 65.2 Å². The van der Waals surface area contributed by atoms with Crippen molar-refractivity contribution in [2.24, 2.45) is 0 Å². The number of amides is 1. The summed E-state index contributed by atoms with van der Waals surface area (Å²) in [5.41, 5.74) is 0.141. The number of ether oxygens (including phenoxy) is 2. The number of carbonyl (C=O) groups excluding carboxylic acids is 3. The molecule has 8 heteroatoms. The molecular weight excluding hydrogens is 336 g/mol. The smallest absolute Gasteiger partial charge is 0.338 e. The number of methoxy groups -OCH3 is 1. The number of benzene rings is 2. The Labute approximate surface area is 141 Å². The highest BCUT2D eigenvalue weighted by Gasteiger charge is 2.13.